The molecule has 2 aromatic carbocycles. The van der Waals surface area contributed by atoms with E-state index in [-0.39, 0.29) is 35.5 Å². The van der Waals surface area contributed by atoms with E-state index in [1.54, 1.807) is 36.3 Å². The molecule has 2 atom stereocenters. The Bertz CT molecular complexity index is 1480. The van der Waals surface area contributed by atoms with Crippen LogP contribution in [-0.2, 0) is 4.43 Å². The topological polar surface area (TPSA) is 159 Å². The number of anilines is 2. The van der Waals surface area contributed by atoms with E-state index < -0.39 is 8.32 Å². The minimum absolute atomic E-state index is 0.0178. The Kier molecular flexibility index (Phi) is 13.3. The van der Waals surface area contributed by atoms with Crippen LogP contribution in [0.25, 0.3) is 0 Å². The van der Waals surface area contributed by atoms with Crippen LogP contribution >= 0.6 is 0 Å². The number of nitrogens with two attached hydrogens (primary N) is 2. The van der Waals surface area contributed by atoms with Gasteiger partial charge in [-0.1, -0.05) is 20.8 Å². The maximum Gasteiger partial charge on any atom is 0.256 e. The Morgan fingerprint density at radius 2 is 1.24 bits per heavy atom. The fraction of sp³-hybridized carbons (Fsp3) is 0.622. The molecule has 13 heteroatoms. The van der Waals surface area contributed by atoms with Gasteiger partial charge in [-0.15, -0.1) is 18.1 Å². The molecule has 4 rings (SSSR count). The van der Waals surface area contributed by atoms with Crippen molar-refractivity contribution in [2.45, 2.75) is 95.9 Å². The highest BCUT2D eigenvalue weighted by molar-refractivity contribution is 6.74. The van der Waals surface area contributed by atoms with Crippen LogP contribution in [0.1, 0.15) is 86.4 Å². The van der Waals surface area contributed by atoms with Crippen molar-refractivity contribution in [2.24, 2.45) is 0 Å². The highest BCUT2D eigenvalue weighted by atomic mass is 28.4. The molecule has 0 aliphatic carbocycles. The van der Waals surface area contributed by atoms with Gasteiger partial charge in [-0.05, 0) is 65.4 Å². The van der Waals surface area contributed by atoms with Crippen LogP contribution in [0.15, 0.2) is 24.3 Å². The van der Waals surface area contributed by atoms with Crippen molar-refractivity contribution < 1.29 is 38.1 Å². The second kappa shape index (κ2) is 17.0. The van der Waals surface area contributed by atoms with Crippen LogP contribution in [-0.4, -0.2) is 101 Å². The zero-order valence-electron chi connectivity index (χ0n) is 31.0. The normalized spacial score (nSPS) is 18.0. The Hall–Kier alpha value is -3.68. The Labute approximate surface area is 298 Å². The van der Waals surface area contributed by atoms with Gasteiger partial charge < -0.3 is 49.7 Å². The number of amides is 2. The predicted molar refractivity (Wildman–Crippen MR) is 198 cm³/mol. The van der Waals surface area contributed by atoms with Crippen LogP contribution in [0.3, 0.4) is 0 Å². The maximum absolute atomic E-state index is 13.7. The van der Waals surface area contributed by atoms with Crippen molar-refractivity contribution in [3.05, 3.63) is 35.4 Å². The average molecular weight is 715 g/mol. The number of nitrogen functional groups attached to an aromatic ring is 2. The SMILES string of the molecule is COc1cc(C(=O)N2CCC[C@H]2CO)c(N)cc1OCCCCCOc1cc(N)c(C(=O)N2CCC[C@H]2CO[Si-](C)(C)C(C)(C)C)cc1OC. The fourth-order valence-corrected chi connectivity index (χ4v) is 7.25. The minimum Gasteiger partial charge on any atom is -0.563 e. The van der Waals surface area contributed by atoms with Gasteiger partial charge in [-0.25, -0.2) is 0 Å². The first-order valence-corrected chi connectivity index (χ1v) is 20.7. The van der Waals surface area contributed by atoms with Gasteiger partial charge in [0.25, 0.3) is 11.8 Å². The van der Waals surface area contributed by atoms with E-state index in [1.807, 2.05) is 4.90 Å². The first kappa shape index (κ1) is 39.1. The predicted octanol–water partition coefficient (Wildman–Crippen LogP) is 5.72. The van der Waals surface area contributed by atoms with Crippen molar-refractivity contribution in [3.8, 4) is 23.0 Å². The first-order chi connectivity index (χ1) is 23.7. The highest BCUT2D eigenvalue weighted by Crippen LogP contribution is 2.38. The van der Waals surface area contributed by atoms with Gasteiger partial charge in [0.2, 0.25) is 0 Å². The molecule has 2 fully saturated rings. The standard InChI is InChI=1S/C37H58N4O8Si/c1-37(2,3)50(6,7)49-24-26-14-12-16-41(26)36(44)28-20-32(46-5)34(22-30(28)39)48-18-10-8-9-17-47-33-21-29(38)27(19-31(33)45-4)35(43)40-15-11-13-25(40)23-42/h19-22,25-26,42H,8-18,23-24,38-39H2,1-7H3/q-1/t25-,26-/m0/s1. The molecule has 279 valence electrons. The lowest BCUT2D eigenvalue weighted by Crippen LogP contribution is -2.46. The summed E-state index contributed by atoms with van der Waals surface area (Å²) in [6.07, 6.45) is 5.79. The molecule has 0 saturated carbocycles. The van der Waals surface area contributed by atoms with Gasteiger partial charge in [-0.2, -0.15) is 0 Å². The van der Waals surface area contributed by atoms with Crippen molar-refractivity contribution in [3.63, 3.8) is 0 Å². The minimum atomic E-state index is -1.94. The van der Waals surface area contributed by atoms with E-state index in [9.17, 15) is 14.7 Å². The number of hydrogen-bond acceptors (Lipinski definition) is 10. The first-order valence-electron chi connectivity index (χ1n) is 17.8. The zero-order valence-corrected chi connectivity index (χ0v) is 32.0. The van der Waals surface area contributed by atoms with E-state index in [4.69, 9.17) is 34.8 Å². The number of carbonyl (C=O) groups is 2. The van der Waals surface area contributed by atoms with Crippen molar-refractivity contribution >= 4 is 31.5 Å². The monoisotopic (exact) mass is 714 g/mol. The number of aliphatic hydroxyl groups excluding tert-OH is 1. The van der Waals surface area contributed by atoms with Gasteiger partial charge in [-0.3, -0.25) is 9.59 Å². The number of likely N-dealkylation sites (tertiary alicyclic amines) is 2. The van der Waals surface area contributed by atoms with Crippen LogP contribution in [0.4, 0.5) is 11.4 Å². The van der Waals surface area contributed by atoms with E-state index in [2.05, 4.69) is 33.9 Å². The molecule has 2 saturated heterocycles. The van der Waals surface area contributed by atoms with Gasteiger partial charge >= 0.3 is 0 Å². The number of benzene rings is 2. The summed E-state index contributed by atoms with van der Waals surface area (Å²) in [5, 5.41) is 9.73. The molecule has 2 aromatic rings. The highest BCUT2D eigenvalue weighted by Gasteiger charge is 2.33. The molecule has 0 aromatic heterocycles. The molecule has 12 nitrogen and oxygen atoms in total. The molecule has 0 unspecified atom stereocenters. The molecule has 0 radical (unpaired) electrons. The largest absolute Gasteiger partial charge is 0.563 e. The van der Waals surface area contributed by atoms with E-state index in [0.29, 0.717) is 78.4 Å². The summed E-state index contributed by atoms with van der Waals surface area (Å²) in [7, 11) is 1.14. The molecule has 5 N–H and O–H groups in total. The molecular weight excluding hydrogens is 657 g/mol. The third-order valence-electron chi connectivity index (χ3n) is 10.4. The molecule has 2 amide bonds. The number of methoxy groups -OCH3 is 2. The molecule has 2 aliphatic rings. The summed E-state index contributed by atoms with van der Waals surface area (Å²) >= 11 is 0. The number of carbonyl (C=O) groups excluding carboxylic acids is 2. The summed E-state index contributed by atoms with van der Waals surface area (Å²) in [6, 6.07) is 6.41. The lowest BCUT2D eigenvalue weighted by Gasteiger charge is -2.49. The lowest BCUT2D eigenvalue weighted by atomic mass is 10.1. The molecule has 2 aliphatic heterocycles. The molecule has 0 spiro atoms. The third kappa shape index (κ3) is 9.15. The van der Waals surface area contributed by atoms with Gasteiger partial charge in [0, 0.05) is 43.2 Å². The quantitative estimate of drug-likeness (QED) is 0.112. The van der Waals surface area contributed by atoms with Crippen LogP contribution < -0.4 is 30.4 Å². The average Bonchev–Trinajstić information content (AvgIpc) is 3.76. The van der Waals surface area contributed by atoms with Gasteiger partial charge in [0.05, 0.1) is 57.3 Å². The zero-order chi connectivity index (χ0) is 36.6. The number of rotatable bonds is 16. The van der Waals surface area contributed by atoms with Crippen molar-refractivity contribution in [1.29, 1.82) is 0 Å². The summed E-state index contributed by atoms with van der Waals surface area (Å²) in [5.74, 6) is 1.52. The number of unbranched alkanes of at least 4 members (excludes halogenated alkanes) is 2. The smallest absolute Gasteiger partial charge is 0.256 e. The van der Waals surface area contributed by atoms with Crippen LogP contribution in [0, 0.1) is 0 Å². The van der Waals surface area contributed by atoms with E-state index in [1.165, 1.54) is 7.11 Å². The van der Waals surface area contributed by atoms with Crippen molar-refractivity contribution in [2.75, 3.05) is 65.2 Å². The maximum atomic E-state index is 13.7. The molecule has 50 heavy (non-hydrogen) atoms. The van der Waals surface area contributed by atoms with Crippen LogP contribution in [0.2, 0.25) is 18.1 Å². The molecular formula is C37H58N4O8Si-. The summed E-state index contributed by atoms with van der Waals surface area (Å²) in [6.45, 7) is 13.7. The van der Waals surface area contributed by atoms with Gasteiger partial charge in [0.15, 0.2) is 23.0 Å². The summed E-state index contributed by atoms with van der Waals surface area (Å²) in [5.41, 5.74) is 14.1. The van der Waals surface area contributed by atoms with E-state index in [0.717, 1.165) is 44.9 Å². The fourth-order valence-electron chi connectivity index (χ4n) is 6.21. The second-order valence-corrected chi connectivity index (χ2v) is 19.6. The summed E-state index contributed by atoms with van der Waals surface area (Å²) in [4.78, 5) is 30.4. The third-order valence-corrected chi connectivity index (χ3v) is 14.9. The summed E-state index contributed by atoms with van der Waals surface area (Å²) < 4.78 is 29.6. The van der Waals surface area contributed by atoms with Gasteiger partial charge in [0.1, 0.15) is 0 Å². The second-order valence-electron chi connectivity index (χ2n) is 14.8. The number of hydrogen-bond donors (Lipinski definition) is 3. The lowest BCUT2D eigenvalue weighted by molar-refractivity contribution is 0.0674. The molecule has 0 bridgehead atoms. The Morgan fingerprint density at radius 1 is 0.780 bits per heavy atom. The Balaban J connectivity index is 1.26. The van der Waals surface area contributed by atoms with E-state index >= 15 is 0 Å². The van der Waals surface area contributed by atoms with Crippen LogP contribution in [0.5, 0.6) is 23.0 Å². The number of nitrogens with zero attached hydrogens (tertiary/aromatic N) is 2. The Morgan fingerprint density at radius 3 is 1.68 bits per heavy atom. The number of aliphatic hydroxyl groups is 1. The molecule has 2 heterocycles. The number of ether oxygens (including phenoxy) is 4. The van der Waals surface area contributed by atoms with Crippen molar-refractivity contribution in [1.82, 2.24) is 9.80 Å².